The molecule has 0 spiro atoms. The summed E-state index contributed by atoms with van der Waals surface area (Å²) >= 11 is 0. The van der Waals surface area contributed by atoms with Crippen molar-refractivity contribution in [1.82, 2.24) is 39.5 Å². The molecule has 5 heterocycles. The second kappa shape index (κ2) is 20.2. The lowest BCUT2D eigenvalue weighted by molar-refractivity contribution is -0.120. The molecular weight excluding hydrogens is 664 g/mol. The number of aromatic nitrogens is 4. The number of rotatable bonds is 12. The maximum absolute atomic E-state index is 13.2. The first-order valence-corrected chi connectivity index (χ1v) is 17.1. The molecule has 1 aliphatic heterocycles. The third-order valence-corrected chi connectivity index (χ3v) is 8.18. The Labute approximate surface area is 302 Å². The normalized spacial score (nSPS) is 15.4. The SMILES string of the molecule is O=C(CN1CCN(CC(=O)Nc2cccnc2)CCN(CC(=O)Nc2cccnc2)CCN(CC(=O)Nc2cccnc2)CC1)Nc1cccnc1. The fourth-order valence-electron chi connectivity index (χ4n) is 5.57. The van der Waals surface area contributed by atoms with Gasteiger partial charge in [-0.2, -0.15) is 0 Å². The Balaban J connectivity index is 1.31. The number of carbonyl (C=O) groups is 4. The fraction of sp³-hybridized carbons (Fsp3) is 0.333. The minimum Gasteiger partial charge on any atom is -0.324 e. The van der Waals surface area contributed by atoms with E-state index in [4.69, 9.17) is 0 Å². The smallest absolute Gasteiger partial charge is 0.238 e. The molecular formula is C36H44N12O4. The molecule has 0 unspecified atom stereocenters. The van der Waals surface area contributed by atoms with Crippen LogP contribution in [0.2, 0.25) is 0 Å². The second-order valence-electron chi connectivity index (χ2n) is 12.3. The van der Waals surface area contributed by atoms with E-state index in [9.17, 15) is 19.2 Å². The zero-order valence-electron chi connectivity index (χ0n) is 28.9. The molecule has 4 amide bonds. The van der Waals surface area contributed by atoms with Crippen molar-refractivity contribution >= 4 is 46.4 Å². The molecule has 1 fully saturated rings. The molecule has 0 bridgehead atoms. The van der Waals surface area contributed by atoms with E-state index in [1.165, 1.54) is 0 Å². The van der Waals surface area contributed by atoms with Crippen molar-refractivity contribution in [3.8, 4) is 0 Å². The van der Waals surface area contributed by atoms with Gasteiger partial charge in [-0.25, -0.2) is 0 Å². The maximum Gasteiger partial charge on any atom is 0.238 e. The van der Waals surface area contributed by atoms with Crippen LogP contribution in [0.3, 0.4) is 0 Å². The molecule has 4 aromatic heterocycles. The molecule has 4 N–H and O–H groups in total. The van der Waals surface area contributed by atoms with Gasteiger partial charge in [0.15, 0.2) is 0 Å². The Kier molecular flexibility index (Phi) is 14.6. The van der Waals surface area contributed by atoms with Crippen LogP contribution in [0.25, 0.3) is 0 Å². The Morgan fingerprint density at radius 3 is 0.788 bits per heavy atom. The molecule has 272 valence electrons. The first-order valence-electron chi connectivity index (χ1n) is 17.1. The summed E-state index contributed by atoms with van der Waals surface area (Å²) in [6.07, 6.45) is 12.9. The van der Waals surface area contributed by atoms with Gasteiger partial charge in [0, 0.05) is 77.1 Å². The first kappa shape index (κ1) is 37.6. The Morgan fingerprint density at radius 2 is 0.615 bits per heavy atom. The Hall–Kier alpha value is -5.68. The molecule has 16 nitrogen and oxygen atoms in total. The lowest BCUT2D eigenvalue weighted by Gasteiger charge is -2.33. The lowest BCUT2D eigenvalue weighted by Crippen LogP contribution is -2.50. The number of pyridine rings is 4. The summed E-state index contributed by atoms with van der Waals surface area (Å²) in [4.78, 5) is 77.0. The molecule has 0 aromatic carbocycles. The third-order valence-electron chi connectivity index (χ3n) is 8.18. The van der Waals surface area contributed by atoms with Crippen molar-refractivity contribution in [2.75, 3.05) is 99.8 Å². The van der Waals surface area contributed by atoms with E-state index < -0.39 is 0 Å². The number of anilines is 4. The highest BCUT2D eigenvalue weighted by molar-refractivity contribution is 5.93. The van der Waals surface area contributed by atoms with Crippen molar-refractivity contribution in [3.63, 3.8) is 0 Å². The number of hydrogen-bond donors (Lipinski definition) is 4. The fourth-order valence-corrected chi connectivity index (χ4v) is 5.57. The quantitative estimate of drug-likeness (QED) is 0.166. The van der Waals surface area contributed by atoms with E-state index in [2.05, 4.69) is 41.2 Å². The average molecular weight is 709 g/mol. The van der Waals surface area contributed by atoms with Gasteiger partial charge in [0.25, 0.3) is 0 Å². The summed E-state index contributed by atoms with van der Waals surface area (Å²) in [6.45, 7) is 4.15. The summed E-state index contributed by atoms with van der Waals surface area (Å²) in [5, 5.41) is 11.6. The number of nitrogens with one attached hydrogen (secondary N) is 4. The molecule has 4 aromatic rings. The van der Waals surface area contributed by atoms with Crippen LogP contribution in [0.15, 0.2) is 98.1 Å². The highest BCUT2D eigenvalue weighted by Gasteiger charge is 2.22. The maximum atomic E-state index is 13.2. The first-order chi connectivity index (χ1) is 25.4. The van der Waals surface area contributed by atoms with Crippen molar-refractivity contribution < 1.29 is 19.2 Å². The van der Waals surface area contributed by atoms with E-state index >= 15 is 0 Å². The van der Waals surface area contributed by atoms with Gasteiger partial charge >= 0.3 is 0 Å². The minimum absolute atomic E-state index is 0.0982. The molecule has 1 aliphatic rings. The summed E-state index contributed by atoms with van der Waals surface area (Å²) in [6, 6.07) is 14.1. The van der Waals surface area contributed by atoms with Crippen LogP contribution in [0.5, 0.6) is 0 Å². The standard InChI is InChI=1S/C36H44N12O4/c49-33(41-29-5-1-9-37-21-29)25-45-13-15-46(26-34(50)42-30-6-2-10-38-22-30)17-19-48(28-36(52)44-32-8-4-12-40-24-32)20-18-47(16-14-45)27-35(51)43-31-7-3-11-39-23-31/h1-12,21-24H,13-20,25-28H2,(H,41,49)(H,42,50)(H,43,51)(H,44,52). The van der Waals surface area contributed by atoms with Crippen LogP contribution in [0.1, 0.15) is 0 Å². The molecule has 0 atom stereocenters. The van der Waals surface area contributed by atoms with Crippen molar-refractivity contribution in [3.05, 3.63) is 98.1 Å². The van der Waals surface area contributed by atoms with E-state index in [-0.39, 0.29) is 49.8 Å². The molecule has 0 aliphatic carbocycles. The minimum atomic E-state index is -0.201. The van der Waals surface area contributed by atoms with Gasteiger partial charge < -0.3 is 21.3 Å². The summed E-state index contributed by atoms with van der Waals surface area (Å²) in [5.41, 5.74) is 2.38. The highest BCUT2D eigenvalue weighted by atomic mass is 16.2. The number of carbonyl (C=O) groups excluding carboxylic acids is 4. The zero-order chi connectivity index (χ0) is 36.4. The number of nitrogens with zero attached hydrogens (tertiary/aromatic N) is 8. The topological polar surface area (TPSA) is 181 Å². The van der Waals surface area contributed by atoms with Gasteiger partial charge in [0.1, 0.15) is 0 Å². The van der Waals surface area contributed by atoms with Gasteiger partial charge in [0.05, 0.1) is 73.7 Å². The van der Waals surface area contributed by atoms with Gasteiger partial charge in [-0.05, 0) is 48.5 Å². The third kappa shape index (κ3) is 13.6. The van der Waals surface area contributed by atoms with Crippen molar-refractivity contribution in [2.24, 2.45) is 0 Å². The Bertz CT molecular complexity index is 1430. The summed E-state index contributed by atoms with van der Waals surface area (Å²) in [5.74, 6) is -0.805. The van der Waals surface area contributed by atoms with Crippen LogP contribution in [0.4, 0.5) is 22.7 Å². The van der Waals surface area contributed by atoms with E-state index in [0.29, 0.717) is 75.1 Å². The monoisotopic (exact) mass is 708 g/mol. The van der Waals surface area contributed by atoms with E-state index in [1.54, 1.807) is 98.1 Å². The van der Waals surface area contributed by atoms with E-state index in [1.807, 2.05) is 19.6 Å². The van der Waals surface area contributed by atoms with Crippen LogP contribution in [0, 0.1) is 0 Å². The van der Waals surface area contributed by atoms with Crippen molar-refractivity contribution in [1.29, 1.82) is 0 Å². The second-order valence-corrected chi connectivity index (χ2v) is 12.3. The van der Waals surface area contributed by atoms with Gasteiger partial charge in [-0.3, -0.25) is 58.7 Å². The van der Waals surface area contributed by atoms with E-state index in [0.717, 1.165) is 0 Å². The molecule has 5 rings (SSSR count). The van der Waals surface area contributed by atoms with Crippen LogP contribution < -0.4 is 21.3 Å². The number of amides is 4. The van der Waals surface area contributed by atoms with Crippen LogP contribution in [-0.4, -0.2) is 142 Å². The van der Waals surface area contributed by atoms with Crippen LogP contribution >= 0.6 is 0 Å². The Morgan fingerprint density at radius 1 is 0.404 bits per heavy atom. The summed E-state index contributed by atoms with van der Waals surface area (Å²) in [7, 11) is 0. The van der Waals surface area contributed by atoms with Crippen molar-refractivity contribution in [2.45, 2.75) is 0 Å². The average Bonchev–Trinajstić information content (AvgIpc) is 3.14. The highest BCUT2D eigenvalue weighted by Crippen LogP contribution is 2.09. The predicted molar refractivity (Wildman–Crippen MR) is 197 cm³/mol. The molecule has 0 radical (unpaired) electrons. The molecule has 0 saturated carbocycles. The molecule has 16 heteroatoms. The number of hydrogen-bond acceptors (Lipinski definition) is 12. The van der Waals surface area contributed by atoms with Gasteiger partial charge in [-0.15, -0.1) is 0 Å². The van der Waals surface area contributed by atoms with Crippen LogP contribution in [-0.2, 0) is 19.2 Å². The largest absolute Gasteiger partial charge is 0.324 e. The van der Waals surface area contributed by atoms with Gasteiger partial charge in [0.2, 0.25) is 23.6 Å². The lowest BCUT2D eigenvalue weighted by atomic mass is 10.3. The summed E-state index contributed by atoms with van der Waals surface area (Å²) < 4.78 is 0. The predicted octanol–water partition coefficient (Wildman–Crippen LogP) is 1.34. The molecule has 1 saturated heterocycles. The zero-order valence-corrected chi connectivity index (χ0v) is 28.9. The molecule has 52 heavy (non-hydrogen) atoms. The van der Waals surface area contributed by atoms with Gasteiger partial charge in [-0.1, -0.05) is 0 Å².